The molecule has 0 spiro atoms. The second kappa shape index (κ2) is 8.18. The summed E-state index contributed by atoms with van der Waals surface area (Å²) in [5, 5.41) is 14.5. The van der Waals surface area contributed by atoms with Gasteiger partial charge in [0, 0.05) is 16.8 Å². The molecule has 0 bridgehead atoms. The predicted molar refractivity (Wildman–Crippen MR) is 107 cm³/mol. The normalized spacial score (nSPS) is 10.2. The van der Waals surface area contributed by atoms with Gasteiger partial charge in [0.2, 0.25) is 0 Å². The van der Waals surface area contributed by atoms with E-state index in [2.05, 4.69) is 10.6 Å². The third kappa shape index (κ3) is 4.42. The number of hydrogen-bond acceptors (Lipinski definition) is 3. The minimum Gasteiger partial charge on any atom is -0.478 e. The van der Waals surface area contributed by atoms with E-state index in [0.717, 1.165) is 5.56 Å². The van der Waals surface area contributed by atoms with Crippen molar-refractivity contribution in [1.29, 1.82) is 0 Å². The maximum atomic E-state index is 12.4. The molecular formula is C22H18N2O4. The van der Waals surface area contributed by atoms with Crippen LogP contribution in [0.2, 0.25) is 0 Å². The van der Waals surface area contributed by atoms with Crippen LogP contribution in [0.15, 0.2) is 72.8 Å². The van der Waals surface area contributed by atoms with Crippen LogP contribution in [-0.2, 0) is 0 Å². The number of anilines is 2. The zero-order chi connectivity index (χ0) is 20.1. The standard InChI is InChI=1S/C22H18N2O4/c1-14-6-8-15(9-7-14)20(25)23-17-12-10-16(11-13-17)21(26)24-19-5-3-2-4-18(19)22(27)28/h2-13H,1H3,(H,23,25)(H,24,26)(H,27,28). The molecule has 0 atom stereocenters. The minimum atomic E-state index is -1.12. The van der Waals surface area contributed by atoms with Gasteiger partial charge in [-0.15, -0.1) is 0 Å². The first-order valence-corrected chi connectivity index (χ1v) is 8.56. The van der Waals surface area contributed by atoms with Gasteiger partial charge in [-0.1, -0.05) is 29.8 Å². The summed E-state index contributed by atoms with van der Waals surface area (Å²) in [4.78, 5) is 35.9. The molecule has 6 nitrogen and oxygen atoms in total. The van der Waals surface area contributed by atoms with Crippen molar-refractivity contribution in [2.24, 2.45) is 0 Å². The average molecular weight is 374 g/mol. The second-order valence-corrected chi connectivity index (χ2v) is 6.20. The van der Waals surface area contributed by atoms with Crippen molar-refractivity contribution in [2.75, 3.05) is 10.6 Å². The molecule has 0 fully saturated rings. The molecule has 2 amide bonds. The lowest BCUT2D eigenvalue weighted by atomic mass is 10.1. The number of aromatic carboxylic acids is 1. The van der Waals surface area contributed by atoms with Gasteiger partial charge in [0.15, 0.2) is 0 Å². The van der Waals surface area contributed by atoms with Crippen LogP contribution in [-0.4, -0.2) is 22.9 Å². The predicted octanol–water partition coefficient (Wildman–Crippen LogP) is 4.20. The molecule has 28 heavy (non-hydrogen) atoms. The van der Waals surface area contributed by atoms with Crippen LogP contribution in [0.25, 0.3) is 0 Å². The third-order valence-electron chi connectivity index (χ3n) is 4.12. The molecule has 0 unspecified atom stereocenters. The first-order chi connectivity index (χ1) is 13.4. The van der Waals surface area contributed by atoms with Crippen molar-refractivity contribution in [3.05, 3.63) is 95.1 Å². The Hall–Kier alpha value is -3.93. The number of nitrogens with one attached hydrogen (secondary N) is 2. The summed E-state index contributed by atoms with van der Waals surface area (Å²) in [6.07, 6.45) is 0. The van der Waals surface area contributed by atoms with E-state index >= 15 is 0 Å². The third-order valence-corrected chi connectivity index (χ3v) is 4.12. The fourth-order valence-corrected chi connectivity index (χ4v) is 2.59. The number of benzene rings is 3. The fourth-order valence-electron chi connectivity index (χ4n) is 2.59. The van der Waals surface area contributed by atoms with Gasteiger partial charge < -0.3 is 15.7 Å². The summed E-state index contributed by atoms with van der Waals surface area (Å²) >= 11 is 0. The SMILES string of the molecule is Cc1ccc(C(=O)Nc2ccc(C(=O)Nc3ccccc3C(=O)O)cc2)cc1. The quantitative estimate of drug-likeness (QED) is 0.624. The van der Waals surface area contributed by atoms with Crippen LogP contribution < -0.4 is 10.6 Å². The molecule has 0 aliphatic rings. The van der Waals surface area contributed by atoms with Crippen LogP contribution in [0.5, 0.6) is 0 Å². The van der Waals surface area contributed by atoms with E-state index < -0.39 is 11.9 Å². The van der Waals surface area contributed by atoms with Gasteiger partial charge in [-0.2, -0.15) is 0 Å². The van der Waals surface area contributed by atoms with Crippen LogP contribution >= 0.6 is 0 Å². The minimum absolute atomic E-state index is 0.0119. The van der Waals surface area contributed by atoms with Crippen molar-refractivity contribution < 1.29 is 19.5 Å². The molecular weight excluding hydrogens is 356 g/mol. The summed E-state index contributed by atoms with van der Waals surface area (Å²) in [7, 11) is 0. The zero-order valence-electron chi connectivity index (χ0n) is 15.1. The molecule has 0 radical (unpaired) electrons. The monoisotopic (exact) mass is 374 g/mol. The number of carbonyl (C=O) groups excluding carboxylic acids is 2. The largest absolute Gasteiger partial charge is 0.478 e. The molecule has 0 saturated carbocycles. The first kappa shape index (κ1) is 18.8. The average Bonchev–Trinajstić information content (AvgIpc) is 2.69. The molecule has 3 aromatic rings. The zero-order valence-corrected chi connectivity index (χ0v) is 15.1. The van der Waals surface area contributed by atoms with Crippen molar-refractivity contribution in [3.8, 4) is 0 Å². The van der Waals surface area contributed by atoms with E-state index in [1.165, 1.54) is 12.1 Å². The van der Waals surface area contributed by atoms with E-state index in [-0.39, 0.29) is 17.2 Å². The maximum absolute atomic E-state index is 12.4. The number of carbonyl (C=O) groups is 3. The number of aryl methyl sites for hydroxylation is 1. The number of carboxylic acids is 1. The summed E-state index contributed by atoms with van der Waals surface area (Å²) in [6.45, 7) is 1.94. The lowest BCUT2D eigenvalue weighted by Crippen LogP contribution is -2.15. The smallest absolute Gasteiger partial charge is 0.337 e. The van der Waals surface area contributed by atoms with Gasteiger partial charge in [0.05, 0.1) is 11.3 Å². The van der Waals surface area contributed by atoms with E-state index in [4.69, 9.17) is 0 Å². The Bertz CT molecular complexity index is 1030. The Kier molecular flexibility index (Phi) is 5.50. The van der Waals surface area contributed by atoms with Crippen LogP contribution in [0.1, 0.15) is 36.6 Å². The van der Waals surface area contributed by atoms with Gasteiger partial charge in [0.1, 0.15) is 0 Å². The van der Waals surface area contributed by atoms with E-state index in [0.29, 0.717) is 16.8 Å². The van der Waals surface area contributed by atoms with Crippen LogP contribution in [0.3, 0.4) is 0 Å². The Labute approximate surface area is 161 Å². The number of amides is 2. The summed E-state index contributed by atoms with van der Waals surface area (Å²) < 4.78 is 0. The highest BCUT2D eigenvalue weighted by molar-refractivity contribution is 6.08. The highest BCUT2D eigenvalue weighted by atomic mass is 16.4. The Morgan fingerprint density at radius 2 is 1.25 bits per heavy atom. The molecule has 6 heteroatoms. The fraction of sp³-hybridized carbons (Fsp3) is 0.0455. The van der Waals surface area contributed by atoms with E-state index in [1.807, 2.05) is 19.1 Å². The maximum Gasteiger partial charge on any atom is 0.337 e. The van der Waals surface area contributed by atoms with Gasteiger partial charge in [-0.05, 0) is 55.5 Å². The molecule has 3 N–H and O–H groups in total. The van der Waals surface area contributed by atoms with Crippen LogP contribution in [0, 0.1) is 6.92 Å². The highest BCUT2D eigenvalue weighted by Gasteiger charge is 2.13. The van der Waals surface area contributed by atoms with Crippen molar-refractivity contribution >= 4 is 29.2 Å². The molecule has 3 rings (SSSR count). The van der Waals surface area contributed by atoms with Gasteiger partial charge in [0.25, 0.3) is 11.8 Å². The van der Waals surface area contributed by atoms with Crippen molar-refractivity contribution in [1.82, 2.24) is 0 Å². The number of carboxylic acid groups (broad SMARTS) is 1. The van der Waals surface area contributed by atoms with Gasteiger partial charge in [-0.25, -0.2) is 4.79 Å². The van der Waals surface area contributed by atoms with Crippen LogP contribution in [0.4, 0.5) is 11.4 Å². The number of rotatable bonds is 5. The molecule has 3 aromatic carbocycles. The van der Waals surface area contributed by atoms with Crippen molar-refractivity contribution in [3.63, 3.8) is 0 Å². The van der Waals surface area contributed by atoms with E-state index in [1.54, 1.807) is 48.5 Å². The summed E-state index contributed by atoms with van der Waals surface area (Å²) in [5.74, 6) is -1.80. The Morgan fingerprint density at radius 1 is 0.714 bits per heavy atom. The lowest BCUT2D eigenvalue weighted by molar-refractivity contribution is 0.0697. The topological polar surface area (TPSA) is 95.5 Å². The van der Waals surface area contributed by atoms with E-state index in [9.17, 15) is 19.5 Å². The lowest BCUT2D eigenvalue weighted by Gasteiger charge is -2.09. The molecule has 0 aliphatic heterocycles. The Balaban J connectivity index is 1.68. The Morgan fingerprint density at radius 3 is 1.86 bits per heavy atom. The first-order valence-electron chi connectivity index (χ1n) is 8.56. The summed E-state index contributed by atoms with van der Waals surface area (Å²) in [5.41, 5.74) is 2.73. The number of para-hydroxylation sites is 1. The molecule has 0 heterocycles. The summed E-state index contributed by atoms with van der Waals surface area (Å²) in [6, 6.07) is 19.7. The molecule has 0 aliphatic carbocycles. The van der Waals surface area contributed by atoms with Gasteiger partial charge >= 0.3 is 5.97 Å². The molecule has 140 valence electrons. The molecule has 0 aromatic heterocycles. The second-order valence-electron chi connectivity index (χ2n) is 6.20. The highest BCUT2D eigenvalue weighted by Crippen LogP contribution is 2.17. The van der Waals surface area contributed by atoms with Gasteiger partial charge in [-0.3, -0.25) is 9.59 Å². The molecule has 0 saturated heterocycles. The van der Waals surface area contributed by atoms with Crippen molar-refractivity contribution in [2.45, 2.75) is 6.92 Å². The number of hydrogen-bond donors (Lipinski definition) is 3.